The Labute approximate surface area is 185 Å². The maximum absolute atomic E-state index is 5.89. The first-order chi connectivity index (χ1) is 15.1. The van der Waals surface area contributed by atoms with E-state index in [4.69, 9.17) is 9.26 Å². The van der Waals surface area contributed by atoms with Crippen molar-refractivity contribution >= 4 is 11.8 Å². The number of aromatic nitrogens is 5. The van der Waals surface area contributed by atoms with Crippen molar-refractivity contribution in [3.8, 4) is 17.1 Å². The van der Waals surface area contributed by atoms with Gasteiger partial charge in [0.1, 0.15) is 12.4 Å². The van der Waals surface area contributed by atoms with Crippen molar-refractivity contribution in [1.82, 2.24) is 24.9 Å². The molecule has 0 aliphatic heterocycles. The molecule has 0 radical (unpaired) electrons. The van der Waals surface area contributed by atoms with Crippen LogP contribution < -0.4 is 4.74 Å². The van der Waals surface area contributed by atoms with E-state index in [1.54, 1.807) is 0 Å². The van der Waals surface area contributed by atoms with Gasteiger partial charge in [0.25, 0.3) is 0 Å². The molecule has 0 aliphatic carbocycles. The summed E-state index contributed by atoms with van der Waals surface area (Å²) >= 11 is 1.49. The van der Waals surface area contributed by atoms with Crippen LogP contribution in [0.3, 0.4) is 0 Å². The van der Waals surface area contributed by atoms with Crippen LogP contribution in [0.1, 0.15) is 22.8 Å². The molecular weight excluding hydrogens is 410 g/mol. The van der Waals surface area contributed by atoms with E-state index in [9.17, 15) is 0 Å². The Morgan fingerprint density at radius 1 is 1.13 bits per heavy atom. The van der Waals surface area contributed by atoms with Crippen molar-refractivity contribution in [2.75, 3.05) is 0 Å². The molecule has 31 heavy (non-hydrogen) atoms. The molecule has 0 amide bonds. The summed E-state index contributed by atoms with van der Waals surface area (Å²) in [4.78, 5) is 4.52. The number of hydrogen-bond acceptors (Lipinski definition) is 7. The Morgan fingerprint density at radius 2 is 2.00 bits per heavy atom. The number of rotatable bonds is 9. The zero-order valence-electron chi connectivity index (χ0n) is 17.5. The van der Waals surface area contributed by atoms with Crippen molar-refractivity contribution in [2.45, 2.75) is 37.9 Å². The Bertz CT molecular complexity index is 1180. The Kier molecular flexibility index (Phi) is 6.47. The number of hydrogen-bond donors (Lipinski definition) is 0. The highest BCUT2D eigenvalue weighted by atomic mass is 32.2. The molecule has 2 aromatic carbocycles. The summed E-state index contributed by atoms with van der Waals surface area (Å²) in [5, 5.41) is 13.5. The molecule has 4 aromatic rings. The van der Waals surface area contributed by atoms with Crippen LogP contribution in [0.4, 0.5) is 0 Å². The lowest BCUT2D eigenvalue weighted by molar-refractivity contribution is 0.289. The molecule has 0 unspecified atom stereocenters. The third-order valence-electron chi connectivity index (χ3n) is 4.64. The lowest BCUT2D eigenvalue weighted by Crippen LogP contribution is -2.07. The minimum atomic E-state index is 0.322. The molecule has 0 bridgehead atoms. The molecule has 0 N–H and O–H groups in total. The van der Waals surface area contributed by atoms with Gasteiger partial charge >= 0.3 is 0 Å². The largest absolute Gasteiger partial charge is 0.486 e. The van der Waals surface area contributed by atoms with Crippen molar-refractivity contribution in [3.63, 3.8) is 0 Å². The summed E-state index contributed by atoms with van der Waals surface area (Å²) in [5.74, 6) is 3.15. The van der Waals surface area contributed by atoms with Crippen LogP contribution in [0.25, 0.3) is 11.4 Å². The van der Waals surface area contributed by atoms with Crippen molar-refractivity contribution in [3.05, 3.63) is 84.0 Å². The van der Waals surface area contributed by atoms with Crippen LogP contribution in [-0.4, -0.2) is 24.9 Å². The third-order valence-corrected chi connectivity index (χ3v) is 5.59. The van der Waals surface area contributed by atoms with Gasteiger partial charge in [-0.05, 0) is 37.1 Å². The fourth-order valence-electron chi connectivity index (χ4n) is 3.07. The number of aryl methyl sites for hydroxylation is 2. The zero-order chi connectivity index (χ0) is 21.6. The molecule has 0 spiro atoms. The zero-order valence-corrected chi connectivity index (χ0v) is 18.3. The highest BCUT2D eigenvalue weighted by molar-refractivity contribution is 7.98. The average Bonchev–Trinajstić information content (AvgIpc) is 3.39. The number of thioether (sulfide) groups is 1. The molecule has 8 heteroatoms. The number of benzene rings is 2. The molecule has 0 atom stereocenters. The van der Waals surface area contributed by atoms with E-state index in [0.29, 0.717) is 30.6 Å². The SMILES string of the molecule is C=CCn1c(COc2cccc(C)c2)nnc1SCc1nc(-c2ccccc2C)no1. The lowest BCUT2D eigenvalue weighted by atomic mass is 10.1. The third kappa shape index (κ3) is 5.03. The van der Waals surface area contributed by atoms with E-state index >= 15 is 0 Å². The van der Waals surface area contributed by atoms with Crippen LogP contribution in [0.2, 0.25) is 0 Å². The standard InChI is InChI=1S/C23H23N5O2S/c1-4-12-28-20(14-29-18-10-7-8-16(2)13-18)25-26-23(28)31-15-21-24-22(27-30-21)19-11-6-5-9-17(19)3/h4-11,13H,1,12,14-15H2,2-3H3. The fraction of sp³-hybridized carbons (Fsp3) is 0.217. The molecule has 158 valence electrons. The minimum absolute atomic E-state index is 0.322. The molecule has 0 saturated heterocycles. The Morgan fingerprint density at radius 3 is 2.81 bits per heavy atom. The summed E-state index contributed by atoms with van der Waals surface area (Å²) < 4.78 is 13.3. The minimum Gasteiger partial charge on any atom is -0.486 e. The second-order valence-corrected chi connectivity index (χ2v) is 7.96. The van der Waals surface area contributed by atoms with Gasteiger partial charge in [-0.25, -0.2) is 0 Å². The Hall–Kier alpha value is -3.39. The fourth-order valence-corrected chi connectivity index (χ4v) is 3.88. The summed E-state index contributed by atoms with van der Waals surface area (Å²) in [6.45, 7) is 8.81. The number of ether oxygens (including phenoxy) is 1. The normalized spacial score (nSPS) is 10.9. The van der Waals surface area contributed by atoms with E-state index in [1.165, 1.54) is 11.8 Å². The van der Waals surface area contributed by atoms with Crippen molar-refractivity contribution < 1.29 is 9.26 Å². The van der Waals surface area contributed by atoms with Gasteiger partial charge in [0.05, 0.1) is 5.75 Å². The molecule has 2 heterocycles. The summed E-state index contributed by atoms with van der Waals surface area (Å²) in [6, 6.07) is 15.9. The number of allylic oxidation sites excluding steroid dienone is 1. The van der Waals surface area contributed by atoms with Gasteiger partial charge < -0.3 is 9.26 Å². The topological polar surface area (TPSA) is 78.9 Å². The summed E-state index contributed by atoms with van der Waals surface area (Å²) in [7, 11) is 0. The van der Waals surface area contributed by atoms with Gasteiger partial charge in [-0.3, -0.25) is 4.57 Å². The second-order valence-electron chi connectivity index (χ2n) is 7.02. The molecule has 0 fully saturated rings. The van der Waals surface area contributed by atoms with Gasteiger partial charge in [0.2, 0.25) is 11.7 Å². The molecule has 4 rings (SSSR count). The monoisotopic (exact) mass is 433 g/mol. The second kappa shape index (κ2) is 9.61. The average molecular weight is 434 g/mol. The first-order valence-corrected chi connectivity index (χ1v) is 10.9. The van der Waals surface area contributed by atoms with E-state index < -0.39 is 0 Å². The predicted octanol–water partition coefficient (Wildman–Crippen LogP) is 5.00. The van der Waals surface area contributed by atoms with Crippen LogP contribution >= 0.6 is 11.8 Å². The molecule has 0 saturated carbocycles. The molecule has 2 aromatic heterocycles. The van der Waals surface area contributed by atoms with Crippen molar-refractivity contribution in [1.29, 1.82) is 0 Å². The molecular formula is C23H23N5O2S. The van der Waals surface area contributed by atoms with Crippen LogP contribution in [0.15, 0.2) is 70.9 Å². The molecule has 0 aliphatic rings. The van der Waals surface area contributed by atoms with E-state index in [2.05, 4.69) is 26.9 Å². The first-order valence-electron chi connectivity index (χ1n) is 9.88. The quantitative estimate of drug-likeness (QED) is 0.271. The van der Waals surface area contributed by atoms with Gasteiger partial charge in [0.15, 0.2) is 11.0 Å². The highest BCUT2D eigenvalue weighted by Gasteiger charge is 2.15. The predicted molar refractivity (Wildman–Crippen MR) is 120 cm³/mol. The van der Waals surface area contributed by atoms with E-state index in [0.717, 1.165) is 33.4 Å². The smallest absolute Gasteiger partial charge is 0.237 e. The maximum Gasteiger partial charge on any atom is 0.237 e. The first kappa shape index (κ1) is 20.9. The van der Waals surface area contributed by atoms with Crippen molar-refractivity contribution in [2.24, 2.45) is 0 Å². The highest BCUT2D eigenvalue weighted by Crippen LogP contribution is 2.25. The van der Waals surface area contributed by atoms with Crippen LogP contribution in [-0.2, 0) is 18.9 Å². The summed E-state index contributed by atoms with van der Waals surface area (Å²) in [5.41, 5.74) is 3.21. The molecule has 7 nitrogen and oxygen atoms in total. The van der Waals surface area contributed by atoms with Crippen LogP contribution in [0.5, 0.6) is 5.75 Å². The lowest BCUT2D eigenvalue weighted by Gasteiger charge is -2.09. The van der Waals surface area contributed by atoms with E-state index in [-0.39, 0.29) is 0 Å². The maximum atomic E-state index is 5.89. The van der Waals surface area contributed by atoms with Gasteiger partial charge in [-0.2, -0.15) is 4.98 Å². The summed E-state index contributed by atoms with van der Waals surface area (Å²) in [6.07, 6.45) is 1.81. The van der Waals surface area contributed by atoms with Crippen LogP contribution in [0, 0.1) is 13.8 Å². The number of nitrogens with zero attached hydrogens (tertiary/aromatic N) is 5. The Balaban J connectivity index is 1.44. The van der Waals surface area contributed by atoms with Gasteiger partial charge in [0, 0.05) is 12.1 Å². The van der Waals surface area contributed by atoms with Gasteiger partial charge in [-0.1, -0.05) is 59.4 Å². The van der Waals surface area contributed by atoms with E-state index in [1.807, 2.05) is 73.0 Å². The van der Waals surface area contributed by atoms with Gasteiger partial charge in [-0.15, -0.1) is 16.8 Å².